The molecule has 0 fully saturated rings. The average molecular weight is 418 g/mol. The van der Waals surface area contributed by atoms with Crippen molar-refractivity contribution in [3.8, 4) is 22.4 Å². The number of nitrogens with zero attached hydrogens (tertiary/aromatic N) is 4. The summed E-state index contributed by atoms with van der Waals surface area (Å²) < 4.78 is 1.28. The second kappa shape index (κ2) is 8.47. The van der Waals surface area contributed by atoms with E-state index in [2.05, 4.69) is 20.4 Å². The number of aromatic nitrogens is 4. The Hall–Kier alpha value is -3.51. The van der Waals surface area contributed by atoms with Crippen LogP contribution in [0.1, 0.15) is 16.8 Å². The molecule has 1 amide bonds. The first kappa shape index (κ1) is 19.8. The molecule has 0 aliphatic heterocycles. The lowest BCUT2D eigenvalue weighted by Gasteiger charge is -2.09. The van der Waals surface area contributed by atoms with E-state index in [1.165, 1.54) is 4.68 Å². The van der Waals surface area contributed by atoms with Crippen molar-refractivity contribution in [1.29, 1.82) is 0 Å². The highest BCUT2D eigenvalue weighted by molar-refractivity contribution is 6.30. The van der Waals surface area contributed by atoms with E-state index in [1.807, 2.05) is 50.2 Å². The number of pyridine rings is 2. The number of hydrogen-bond acceptors (Lipinski definition) is 4. The third kappa shape index (κ3) is 4.39. The van der Waals surface area contributed by atoms with Gasteiger partial charge >= 0.3 is 6.03 Å². The molecule has 4 aromatic rings. The molecule has 0 saturated carbocycles. The van der Waals surface area contributed by atoms with Crippen LogP contribution in [0.2, 0.25) is 5.02 Å². The van der Waals surface area contributed by atoms with E-state index in [9.17, 15) is 4.79 Å². The Kier molecular flexibility index (Phi) is 5.59. The predicted molar refractivity (Wildman–Crippen MR) is 117 cm³/mol. The van der Waals surface area contributed by atoms with E-state index in [1.54, 1.807) is 30.9 Å². The molecule has 0 aliphatic carbocycles. The molecule has 6 nitrogen and oxygen atoms in total. The number of carbonyl (C=O) groups is 1. The first-order chi connectivity index (χ1) is 14.5. The zero-order valence-corrected chi connectivity index (χ0v) is 17.4. The molecule has 0 spiro atoms. The number of carbonyl (C=O) groups excluding carboxylic acids is 1. The van der Waals surface area contributed by atoms with E-state index >= 15 is 0 Å². The average Bonchev–Trinajstić information content (AvgIpc) is 3.22. The van der Waals surface area contributed by atoms with Gasteiger partial charge in [0.15, 0.2) is 0 Å². The predicted octanol–water partition coefficient (Wildman–Crippen LogP) is 5.04. The number of rotatable bonds is 4. The molecule has 4 rings (SSSR count). The molecule has 0 bridgehead atoms. The van der Waals surface area contributed by atoms with Crippen molar-refractivity contribution in [2.24, 2.45) is 0 Å². The fourth-order valence-corrected chi connectivity index (χ4v) is 3.42. The highest BCUT2D eigenvalue weighted by Gasteiger charge is 2.10. The van der Waals surface area contributed by atoms with E-state index in [0.717, 1.165) is 39.2 Å². The van der Waals surface area contributed by atoms with Gasteiger partial charge in [-0.05, 0) is 54.8 Å². The Bertz CT molecular complexity index is 1220. The van der Waals surface area contributed by atoms with Gasteiger partial charge in [0.1, 0.15) is 0 Å². The molecular weight excluding hydrogens is 398 g/mol. The topological polar surface area (TPSA) is 72.7 Å². The number of hydrogen-bond donors (Lipinski definition) is 1. The summed E-state index contributed by atoms with van der Waals surface area (Å²) >= 11 is 6.04. The Morgan fingerprint density at radius 3 is 2.67 bits per heavy atom. The summed E-state index contributed by atoms with van der Waals surface area (Å²) in [5.74, 6) is 0. The minimum absolute atomic E-state index is 0.310. The molecule has 0 aliphatic rings. The van der Waals surface area contributed by atoms with Gasteiger partial charge in [-0.15, -0.1) is 0 Å². The van der Waals surface area contributed by atoms with Gasteiger partial charge in [-0.1, -0.05) is 29.8 Å². The first-order valence-corrected chi connectivity index (χ1v) is 9.85. The van der Waals surface area contributed by atoms with Crippen LogP contribution in [0, 0.1) is 13.8 Å². The van der Waals surface area contributed by atoms with Crippen molar-refractivity contribution < 1.29 is 4.79 Å². The van der Waals surface area contributed by atoms with Crippen LogP contribution in [-0.4, -0.2) is 25.8 Å². The molecule has 3 aromatic heterocycles. The normalized spacial score (nSPS) is 10.8. The summed E-state index contributed by atoms with van der Waals surface area (Å²) in [5.41, 5.74) is 6.56. The van der Waals surface area contributed by atoms with Crippen LogP contribution in [0.4, 0.5) is 4.79 Å². The lowest BCUT2D eigenvalue weighted by molar-refractivity contribution is 0.239. The molecule has 1 aromatic carbocycles. The summed E-state index contributed by atoms with van der Waals surface area (Å²) in [6.07, 6.45) is 6.88. The first-order valence-electron chi connectivity index (χ1n) is 9.47. The van der Waals surface area contributed by atoms with Gasteiger partial charge in [-0.25, -0.2) is 4.79 Å². The third-order valence-corrected chi connectivity index (χ3v) is 4.93. The van der Waals surface area contributed by atoms with Crippen LogP contribution in [0.15, 0.2) is 67.3 Å². The van der Waals surface area contributed by atoms with Gasteiger partial charge in [-0.3, -0.25) is 9.97 Å². The fraction of sp³-hybridized carbons (Fsp3) is 0.130. The molecule has 0 atom stereocenters. The highest BCUT2D eigenvalue weighted by Crippen LogP contribution is 2.23. The van der Waals surface area contributed by atoms with Gasteiger partial charge in [0.2, 0.25) is 0 Å². The van der Waals surface area contributed by atoms with Crippen molar-refractivity contribution in [2.75, 3.05) is 0 Å². The summed E-state index contributed by atoms with van der Waals surface area (Å²) in [4.78, 5) is 21.3. The van der Waals surface area contributed by atoms with Crippen LogP contribution in [0.25, 0.3) is 22.4 Å². The second-order valence-electron chi connectivity index (χ2n) is 7.04. The lowest BCUT2D eigenvalue weighted by atomic mass is 10.1. The van der Waals surface area contributed by atoms with Crippen LogP contribution < -0.4 is 5.32 Å². The summed E-state index contributed by atoms with van der Waals surface area (Å²) in [6.45, 7) is 4.32. The van der Waals surface area contributed by atoms with Crippen LogP contribution >= 0.6 is 11.6 Å². The highest BCUT2D eigenvalue weighted by atomic mass is 35.5. The Balaban J connectivity index is 1.44. The minimum atomic E-state index is -0.310. The monoisotopic (exact) mass is 417 g/mol. The smallest absolute Gasteiger partial charge is 0.332 e. The van der Waals surface area contributed by atoms with Gasteiger partial charge < -0.3 is 5.32 Å². The maximum atomic E-state index is 12.5. The zero-order valence-electron chi connectivity index (χ0n) is 16.6. The van der Waals surface area contributed by atoms with Crippen molar-refractivity contribution in [1.82, 2.24) is 25.1 Å². The summed E-state index contributed by atoms with van der Waals surface area (Å²) in [5, 5.41) is 7.66. The molecule has 150 valence electrons. The number of nitrogens with one attached hydrogen (secondary N) is 1. The summed E-state index contributed by atoms with van der Waals surface area (Å²) in [7, 11) is 0. The van der Waals surface area contributed by atoms with Crippen LogP contribution in [-0.2, 0) is 6.54 Å². The molecular formula is C23H20ClN5O. The molecule has 0 radical (unpaired) electrons. The summed E-state index contributed by atoms with van der Waals surface area (Å²) in [6, 6.07) is 13.1. The second-order valence-corrected chi connectivity index (χ2v) is 7.47. The Morgan fingerprint density at radius 1 is 1.03 bits per heavy atom. The quantitative estimate of drug-likeness (QED) is 0.505. The number of halogens is 1. The zero-order chi connectivity index (χ0) is 21.1. The standard InChI is InChI=1S/C23H20ClN5O/c1-15-8-17(11-26-22(15)19-6-7-25-16(2)9-19)12-27-23(30)29-14-20(13-28-29)18-4-3-5-21(24)10-18/h3-11,13-14H,12H2,1-2H3,(H,27,30). The van der Waals surface area contributed by atoms with E-state index < -0.39 is 0 Å². The van der Waals surface area contributed by atoms with E-state index in [0.29, 0.717) is 11.6 Å². The molecule has 0 saturated heterocycles. The van der Waals surface area contributed by atoms with E-state index in [-0.39, 0.29) is 6.03 Å². The SMILES string of the molecule is Cc1cc(-c2ncc(CNC(=O)n3cc(-c4cccc(Cl)c4)cn3)cc2C)ccn1. The van der Waals surface area contributed by atoms with Gasteiger partial charge in [0.25, 0.3) is 0 Å². The molecule has 7 heteroatoms. The molecule has 0 unspecified atom stereocenters. The third-order valence-electron chi connectivity index (χ3n) is 4.70. The van der Waals surface area contributed by atoms with Crippen molar-refractivity contribution >= 4 is 17.6 Å². The largest absolute Gasteiger partial charge is 0.342 e. The van der Waals surface area contributed by atoms with Crippen molar-refractivity contribution in [3.63, 3.8) is 0 Å². The molecule has 1 N–H and O–H groups in total. The fourth-order valence-electron chi connectivity index (χ4n) is 3.23. The Labute approximate surface area is 179 Å². The number of benzene rings is 1. The van der Waals surface area contributed by atoms with Gasteiger partial charge in [0.05, 0.1) is 11.9 Å². The van der Waals surface area contributed by atoms with Crippen LogP contribution in [0.3, 0.4) is 0 Å². The Morgan fingerprint density at radius 2 is 1.90 bits per heavy atom. The molecule has 3 heterocycles. The molecule has 30 heavy (non-hydrogen) atoms. The number of amides is 1. The van der Waals surface area contributed by atoms with Crippen molar-refractivity contribution in [3.05, 3.63) is 89.1 Å². The van der Waals surface area contributed by atoms with Gasteiger partial charge in [-0.2, -0.15) is 9.78 Å². The maximum Gasteiger partial charge on any atom is 0.342 e. The number of aryl methyl sites for hydroxylation is 2. The van der Waals surface area contributed by atoms with Crippen LogP contribution in [0.5, 0.6) is 0 Å². The minimum Gasteiger partial charge on any atom is -0.332 e. The van der Waals surface area contributed by atoms with Crippen molar-refractivity contribution in [2.45, 2.75) is 20.4 Å². The maximum absolute atomic E-state index is 12.5. The van der Waals surface area contributed by atoms with E-state index in [4.69, 9.17) is 11.6 Å². The lowest BCUT2D eigenvalue weighted by Crippen LogP contribution is -2.28. The van der Waals surface area contributed by atoms with Gasteiger partial charge in [0, 0.05) is 47.0 Å².